The molecule has 0 aliphatic rings. The molecular weight excluding hydrogens is 255 g/mol. The molecule has 2 rings (SSSR count). The van der Waals surface area contributed by atoms with Gasteiger partial charge in [0.05, 0.1) is 18.5 Å². The van der Waals surface area contributed by atoms with Crippen LogP contribution >= 0.6 is 0 Å². The maximum Gasteiger partial charge on any atom is 0.167 e. The third-order valence-electron chi connectivity index (χ3n) is 3.18. The minimum atomic E-state index is -0.467. The zero-order chi connectivity index (χ0) is 14.7. The van der Waals surface area contributed by atoms with Gasteiger partial charge in [-0.3, -0.25) is 0 Å². The molecule has 0 radical (unpaired) electrons. The zero-order valence-corrected chi connectivity index (χ0v) is 11.9. The molecule has 0 spiro atoms. The van der Waals surface area contributed by atoms with E-state index in [9.17, 15) is 4.39 Å². The Labute approximate surface area is 118 Å². The van der Waals surface area contributed by atoms with Gasteiger partial charge in [0.1, 0.15) is 0 Å². The predicted molar refractivity (Wildman–Crippen MR) is 81.2 cm³/mol. The van der Waals surface area contributed by atoms with Crippen LogP contribution < -0.4 is 15.8 Å². The van der Waals surface area contributed by atoms with Crippen LogP contribution in [0.3, 0.4) is 0 Å². The van der Waals surface area contributed by atoms with Crippen molar-refractivity contribution in [3.8, 4) is 5.75 Å². The summed E-state index contributed by atoms with van der Waals surface area (Å²) in [6.07, 6.45) is 0. The minimum Gasteiger partial charge on any atom is -0.494 e. The van der Waals surface area contributed by atoms with Crippen molar-refractivity contribution in [1.82, 2.24) is 0 Å². The molecule has 4 heteroatoms. The largest absolute Gasteiger partial charge is 0.494 e. The van der Waals surface area contributed by atoms with Gasteiger partial charge in [-0.05, 0) is 23.6 Å². The average Bonchev–Trinajstić information content (AvgIpc) is 2.42. The number of ether oxygens (including phenoxy) is 1. The normalized spacial score (nSPS) is 10.7. The lowest BCUT2D eigenvalue weighted by Crippen LogP contribution is -1.99. The lowest BCUT2D eigenvalue weighted by atomic mass is 10.0. The first-order valence-corrected chi connectivity index (χ1v) is 6.51. The van der Waals surface area contributed by atoms with Crippen molar-refractivity contribution < 1.29 is 9.13 Å². The van der Waals surface area contributed by atoms with E-state index in [0.29, 0.717) is 17.3 Å². The van der Waals surface area contributed by atoms with Gasteiger partial charge >= 0.3 is 0 Å². The second-order valence-corrected chi connectivity index (χ2v) is 4.98. The monoisotopic (exact) mass is 274 g/mol. The number of hydrogen-bond donors (Lipinski definition) is 2. The van der Waals surface area contributed by atoms with E-state index in [4.69, 9.17) is 10.5 Å². The molecule has 2 aromatic rings. The zero-order valence-electron chi connectivity index (χ0n) is 11.9. The quantitative estimate of drug-likeness (QED) is 0.818. The van der Waals surface area contributed by atoms with Crippen LogP contribution in [0.1, 0.15) is 25.3 Å². The lowest BCUT2D eigenvalue weighted by Gasteiger charge is -2.13. The number of nitrogens with one attached hydrogen (secondary N) is 1. The molecule has 0 atom stereocenters. The standard InChI is InChI=1S/C16H19FN2O/c1-10(2)11-4-6-12(7-5-11)19-15-9-16(20-3)13(17)8-14(15)18/h4-10,19H,18H2,1-3H3. The summed E-state index contributed by atoms with van der Waals surface area (Å²) in [6.45, 7) is 4.29. The van der Waals surface area contributed by atoms with Gasteiger partial charge in [0, 0.05) is 17.8 Å². The first-order valence-electron chi connectivity index (χ1n) is 6.51. The second kappa shape index (κ2) is 5.82. The SMILES string of the molecule is COc1cc(Nc2ccc(C(C)C)cc2)c(N)cc1F. The molecule has 0 saturated carbocycles. The van der Waals surface area contributed by atoms with Crippen molar-refractivity contribution in [3.05, 3.63) is 47.8 Å². The molecule has 0 aliphatic carbocycles. The van der Waals surface area contributed by atoms with Crippen molar-refractivity contribution in [2.24, 2.45) is 0 Å². The number of nitrogens with two attached hydrogens (primary N) is 1. The smallest absolute Gasteiger partial charge is 0.167 e. The summed E-state index contributed by atoms with van der Waals surface area (Å²) in [6, 6.07) is 10.9. The maximum absolute atomic E-state index is 13.5. The molecule has 0 unspecified atom stereocenters. The van der Waals surface area contributed by atoms with Gasteiger partial charge in [0.15, 0.2) is 11.6 Å². The highest BCUT2D eigenvalue weighted by molar-refractivity contribution is 5.74. The van der Waals surface area contributed by atoms with E-state index in [1.165, 1.54) is 18.7 Å². The first-order chi connectivity index (χ1) is 9.51. The van der Waals surface area contributed by atoms with E-state index < -0.39 is 5.82 Å². The van der Waals surface area contributed by atoms with E-state index in [1.807, 2.05) is 12.1 Å². The summed E-state index contributed by atoms with van der Waals surface area (Å²) in [5.41, 5.74) is 8.94. The fraction of sp³-hybridized carbons (Fsp3) is 0.250. The number of rotatable bonds is 4. The summed E-state index contributed by atoms with van der Waals surface area (Å²) in [7, 11) is 1.43. The Morgan fingerprint density at radius 1 is 1.15 bits per heavy atom. The molecule has 0 heterocycles. The first kappa shape index (κ1) is 14.2. The highest BCUT2D eigenvalue weighted by Gasteiger charge is 2.08. The van der Waals surface area contributed by atoms with Gasteiger partial charge < -0.3 is 15.8 Å². The van der Waals surface area contributed by atoms with E-state index >= 15 is 0 Å². The number of nitrogen functional groups attached to an aromatic ring is 1. The average molecular weight is 274 g/mol. The molecule has 0 amide bonds. The van der Waals surface area contributed by atoms with Crippen LogP contribution in [0.4, 0.5) is 21.5 Å². The van der Waals surface area contributed by atoms with Gasteiger partial charge in [-0.25, -0.2) is 4.39 Å². The topological polar surface area (TPSA) is 47.3 Å². The van der Waals surface area contributed by atoms with E-state index in [1.54, 1.807) is 6.07 Å². The fourth-order valence-electron chi connectivity index (χ4n) is 1.94. The summed E-state index contributed by atoms with van der Waals surface area (Å²) < 4.78 is 18.4. The fourth-order valence-corrected chi connectivity index (χ4v) is 1.94. The van der Waals surface area contributed by atoms with Crippen molar-refractivity contribution in [2.45, 2.75) is 19.8 Å². The van der Waals surface area contributed by atoms with Crippen molar-refractivity contribution in [3.63, 3.8) is 0 Å². The molecule has 0 saturated heterocycles. The Balaban J connectivity index is 2.25. The van der Waals surface area contributed by atoms with Crippen LogP contribution in [0.5, 0.6) is 5.75 Å². The van der Waals surface area contributed by atoms with Crippen molar-refractivity contribution >= 4 is 17.1 Å². The predicted octanol–water partition coefficient (Wildman–Crippen LogP) is 4.28. The minimum absolute atomic E-state index is 0.167. The van der Waals surface area contributed by atoms with Crippen molar-refractivity contribution in [1.29, 1.82) is 0 Å². The summed E-state index contributed by atoms with van der Waals surface area (Å²) in [5, 5.41) is 3.17. The Morgan fingerprint density at radius 3 is 2.35 bits per heavy atom. The molecule has 2 aromatic carbocycles. The highest BCUT2D eigenvalue weighted by Crippen LogP contribution is 2.30. The molecule has 3 nitrogen and oxygen atoms in total. The van der Waals surface area contributed by atoms with Crippen LogP contribution in [-0.4, -0.2) is 7.11 Å². The molecule has 20 heavy (non-hydrogen) atoms. The van der Waals surface area contributed by atoms with Crippen LogP contribution in [0.15, 0.2) is 36.4 Å². The third kappa shape index (κ3) is 3.02. The third-order valence-corrected chi connectivity index (χ3v) is 3.18. The molecule has 0 aliphatic heterocycles. The molecule has 106 valence electrons. The molecule has 0 bridgehead atoms. The summed E-state index contributed by atoms with van der Waals surface area (Å²) in [5.74, 6) is 0.186. The van der Waals surface area contributed by atoms with E-state index in [2.05, 4.69) is 31.3 Å². The highest BCUT2D eigenvalue weighted by atomic mass is 19.1. The van der Waals surface area contributed by atoms with Crippen LogP contribution in [-0.2, 0) is 0 Å². The van der Waals surface area contributed by atoms with Crippen LogP contribution in [0.25, 0.3) is 0 Å². The van der Waals surface area contributed by atoms with E-state index in [-0.39, 0.29) is 5.75 Å². The van der Waals surface area contributed by atoms with E-state index in [0.717, 1.165) is 5.69 Å². The van der Waals surface area contributed by atoms with Gasteiger partial charge in [0.2, 0.25) is 0 Å². The Bertz CT molecular complexity index is 594. The summed E-state index contributed by atoms with van der Waals surface area (Å²) >= 11 is 0. The van der Waals surface area contributed by atoms with Gasteiger partial charge in [-0.2, -0.15) is 0 Å². The van der Waals surface area contributed by atoms with Crippen LogP contribution in [0, 0.1) is 5.82 Å². The molecule has 0 aromatic heterocycles. The molecule has 0 fully saturated rings. The maximum atomic E-state index is 13.5. The second-order valence-electron chi connectivity index (χ2n) is 4.98. The Kier molecular flexibility index (Phi) is 4.13. The van der Waals surface area contributed by atoms with Crippen molar-refractivity contribution in [2.75, 3.05) is 18.2 Å². The number of halogens is 1. The number of anilines is 3. The molecular formula is C16H19FN2O. The number of hydrogen-bond acceptors (Lipinski definition) is 3. The lowest BCUT2D eigenvalue weighted by molar-refractivity contribution is 0.387. The van der Waals surface area contributed by atoms with Crippen LogP contribution in [0.2, 0.25) is 0 Å². The van der Waals surface area contributed by atoms with Gasteiger partial charge in [0.25, 0.3) is 0 Å². The van der Waals surface area contributed by atoms with Gasteiger partial charge in [-0.15, -0.1) is 0 Å². The van der Waals surface area contributed by atoms with Gasteiger partial charge in [-0.1, -0.05) is 26.0 Å². The molecule has 3 N–H and O–H groups in total. The summed E-state index contributed by atoms with van der Waals surface area (Å²) in [4.78, 5) is 0. The Morgan fingerprint density at radius 2 is 1.80 bits per heavy atom. The Hall–Kier alpha value is -2.23. The number of benzene rings is 2. The number of methoxy groups -OCH3 is 1.